The van der Waals surface area contributed by atoms with Crippen LogP contribution in [0.4, 0.5) is 0 Å². The molecule has 2 aliphatic rings. The van der Waals surface area contributed by atoms with E-state index in [4.69, 9.17) is 21.1 Å². The van der Waals surface area contributed by atoms with Crippen LogP contribution in [0.5, 0.6) is 0 Å². The highest BCUT2D eigenvalue weighted by Gasteiger charge is 2.26. The van der Waals surface area contributed by atoms with Crippen LogP contribution in [0.2, 0.25) is 5.02 Å². The maximum atomic E-state index is 10.8. The van der Waals surface area contributed by atoms with Crippen molar-refractivity contribution in [3.8, 4) is 0 Å². The standard InChI is InChI=1S/C16H16ClN3O4S/c17-12-7-6-11-13(19-24-25(21,22)23)8-9-20-15(11)14(12)18-16(20)10-4-2-1-3-5-10/h4,6-7H,1-3,5,8-9H2,(H,21,22,23)/b19-13+. The molecule has 0 unspecified atom stereocenters. The smallest absolute Gasteiger partial charge is 0.323 e. The van der Waals surface area contributed by atoms with Crippen molar-refractivity contribution in [2.24, 2.45) is 5.16 Å². The first-order valence-corrected chi connectivity index (χ1v) is 9.80. The summed E-state index contributed by atoms with van der Waals surface area (Å²) in [7, 11) is -4.64. The lowest BCUT2D eigenvalue weighted by molar-refractivity contribution is 0.281. The molecule has 1 N–H and O–H groups in total. The quantitative estimate of drug-likeness (QED) is 0.647. The lowest BCUT2D eigenvalue weighted by Gasteiger charge is -2.20. The van der Waals surface area contributed by atoms with E-state index in [0.717, 1.165) is 30.6 Å². The first-order chi connectivity index (χ1) is 11.9. The van der Waals surface area contributed by atoms with E-state index in [9.17, 15) is 8.42 Å². The summed E-state index contributed by atoms with van der Waals surface area (Å²) in [6, 6.07) is 3.48. The molecule has 0 saturated carbocycles. The molecule has 0 radical (unpaired) electrons. The van der Waals surface area contributed by atoms with Crippen LogP contribution in [-0.4, -0.2) is 28.2 Å². The van der Waals surface area contributed by atoms with E-state index in [1.807, 2.05) is 0 Å². The second-order valence-electron chi connectivity index (χ2n) is 6.14. The normalized spacial score (nSPS) is 19.3. The lowest BCUT2D eigenvalue weighted by atomic mass is 9.98. The Morgan fingerprint density at radius 3 is 2.84 bits per heavy atom. The maximum absolute atomic E-state index is 10.8. The molecular weight excluding hydrogens is 366 g/mol. The summed E-state index contributed by atoms with van der Waals surface area (Å²) in [6.45, 7) is 0.587. The third-order valence-electron chi connectivity index (χ3n) is 4.55. The van der Waals surface area contributed by atoms with Crippen molar-refractivity contribution in [1.29, 1.82) is 0 Å². The van der Waals surface area contributed by atoms with Gasteiger partial charge in [-0.3, -0.25) is 4.55 Å². The van der Waals surface area contributed by atoms with Gasteiger partial charge in [-0.2, -0.15) is 8.42 Å². The van der Waals surface area contributed by atoms with Gasteiger partial charge in [-0.1, -0.05) is 22.8 Å². The summed E-state index contributed by atoms with van der Waals surface area (Å²) in [4.78, 5) is 4.75. The molecule has 0 fully saturated rings. The Hall–Kier alpha value is -1.90. The van der Waals surface area contributed by atoms with Crippen molar-refractivity contribution in [2.75, 3.05) is 0 Å². The third kappa shape index (κ3) is 3.05. The molecule has 0 atom stereocenters. The van der Waals surface area contributed by atoms with Crippen molar-refractivity contribution < 1.29 is 17.3 Å². The van der Waals surface area contributed by atoms with Crippen molar-refractivity contribution in [1.82, 2.24) is 9.55 Å². The Balaban J connectivity index is 1.89. The third-order valence-corrected chi connectivity index (χ3v) is 5.12. The fraction of sp³-hybridized carbons (Fsp3) is 0.375. The molecule has 2 heterocycles. The van der Waals surface area contributed by atoms with Gasteiger partial charge in [0.2, 0.25) is 0 Å². The molecule has 0 spiro atoms. The minimum Gasteiger partial charge on any atom is -0.323 e. The average Bonchev–Trinajstić information content (AvgIpc) is 2.98. The van der Waals surface area contributed by atoms with Gasteiger partial charge in [-0.15, -0.1) is 0 Å². The van der Waals surface area contributed by atoms with Crippen LogP contribution < -0.4 is 0 Å². The van der Waals surface area contributed by atoms with E-state index in [2.05, 4.69) is 20.1 Å². The van der Waals surface area contributed by atoms with Crippen LogP contribution in [0, 0.1) is 0 Å². The summed E-state index contributed by atoms with van der Waals surface area (Å²) >= 11 is 6.33. The topological polar surface area (TPSA) is 93.8 Å². The van der Waals surface area contributed by atoms with E-state index in [1.54, 1.807) is 12.1 Å². The van der Waals surface area contributed by atoms with Gasteiger partial charge in [0.25, 0.3) is 0 Å². The predicted molar refractivity (Wildman–Crippen MR) is 95.0 cm³/mol. The maximum Gasteiger partial charge on any atom is 0.466 e. The Morgan fingerprint density at radius 1 is 1.28 bits per heavy atom. The zero-order valence-electron chi connectivity index (χ0n) is 13.3. The monoisotopic (exact) mass is 381 g/mol. The van der Waals surface area contributed by atoms with Gasteiger partial charge in [0, 0.05) is 18.5 Å². The average molecular weight is 382 g/mol. The van der Waals surface area contributed by atoms with Gasteiger partial charge < -0.3 is 4.57 Å². The summed E-state index contributed by atoms with van der Waals surface area (Å²) in [5.74, 6) is 0.916. The Labute approximate surface area is 149 Å². The lowest BCUT2D eigenvalue weighted by Crippen LogP contribution is -2.18. The highest BCUT2D eigenvalue weighted by molar-refractivity contribution is 7.80. The first-order valence-electron chi connectivity index (χ1n) is 8.05. The second kappa shape index (κ2) is 6.12. The molecule has 1 aliphatic heterocycles. The van der Waals surface area contributed by atoms with E-state index < -0.39 is 10.4 Å². The van der Waals surface area contributed by atoms with Gasteiger partial charge in [-0.05, 0) is 43.4 Å². The fourth-order valence-electron chi connectivity index (χ4n) is 3.48. The zero-order chi connectivity index (χ0) is 17.6. The minimum atomic E-state index is -4.64. The van der Waals surface area contributed by atoms with E-state index in [1.165, 1.54) is 12.0 Å². The number of benzene rings is 1. The van der Waals surface area contributed by atoms with Crippen molar-refractivity contribution in [2.45, 2.75) is 38.6 Å². The summed E-state index contributed by atoms with van der Waals surface area (Å²) in [6.07, 6.45) is 7.07. The van der Waals surface area contributed by atoms with Crippen molar-refractivity contribution in [3.63, 3.8) is 0 Å². The molecule has 132 valence electrons. The molecule has 0 amide bonds. The molecule has 25 heavy (non-hydrogen) atoms. The number of hydrogen-bond donors (Lipinski definition) is 1. The molecule has 7 nitrogen and oxygen atoms in total. The Morgan fingerprint density at radius 2 is 2.12 bits per heavy atom. The Kier molecular flexibility index (Phi) is 4.05. The molecule has 1 aromatic heterocycles. The summed E-state index contributed by atoms with van der Waals surface area (Å²) < 4.78 is 36.7. The number of nitrogens with zero attached hydrogens (tertiary/aromatic N) is 3. The van der Waals surface area contributed by atoms with Crippen LogP contribution >= 0.6 is 11.6 Å². The van der Waals surface area contributed by atoms with E-state index in [0.29, 0.717) is 34.8 Å². The SMILES string of the molecule is O=S(=O)(O)O/N=C1\CCn2c(C3=CCCCC3)nc3c(Cl)ccc1c32. The number of halogens is 1. The highest BCUT2D eigenvalue weighted by Crippen LogP contribution is 2.36. The van der Waals surface area contributed by atoms with Crippen LogP contribution in [0.1, 0.15) is 43.5 Å². The molecule has 0 bridgehead atoms. The number of aromatic nitrogens is 2. The predicted octanol–water partition coefficient (Wildman–Crippen LogP) is 3.57. The van der Waals surface area contributed by atoms with Gasteiger partial charge in [0.05, 0.1) is 16.3 Å². The highest BCUT2D eigenvalue weighted by atomic mass is 35.5. The second-order valence-corrected chi connectivity index (χ2v) is 7.56. The fourth-order valence-corrected chi connectivity index (χ4v) is 3.86. The van der Waals surface area contributed by atoms with Crippen molar-refractivity contribution >= 4 is 44.3 Å². The molecule has 0 saturated heterocycles. The first kappa shape index (κ1) is 16.6. The molecule has 1 aliphatic carbocycles. The van der Waals surface area contributed by atoms with Gasteiger partial charge >= 0.3 is 10.4 Å². The van der Waals surface area contributed by atoms with Crippen LogP contribution in [0.25, 0.3) is 16.6 Å². The zero-order valence-corrected chi connectivity index (χ0v) is 14.8. The molecular formula is C16H16ClN3O4S. The van der Waals surface area contributed by atoms with E-state index >= 15 is 0 Å². The number of imidazole rings is 1. The summed E-state index contributed by atoms with van der Waals surface area (Å²) in [5, 5.41) is 4.14. The minimum absolute atomic E-state index is 0.441. The van der Waals surface area contributed by atoms with E-state index in [-0.39, 0.29) is 0 Å². The molecule has 9 heteroatoms. The van der Waals surface area contributed by atoms with Gasteiger partial charge in [0.15, 0.2) is 0 Å². The molecule has 2 aromatic rings. The number of aryl methyl sites for hydroxylation is 1. The Bertz CT molecular complexity index is 1020. The number of oxime groups is 1. The number of rotatable bonds is 3. The number of allylic oxidation sites excluding steroid dienone is 2. The van der Waals surface area contributed by atoms with Crippen LogP contribution in [0.15, 0.2) is 23.4 Å². The van der Waals surface area contributed by atoms with Crippen LogP contribution in [0.3, 0.4) is 0 Å². The van der Waals surface area contributed by atoms with Gasteiger partial charge in [0.1, 0.15) is 11.3 Å². The van der Waals surface area contributed by atoms with Crippen molar-refractivity contribution in [3.05, 3.63) is 34.6 Å². The van der Waals surface area contributed by atoms with Gasteiger partial charge in [-0.25, -0.2) is 9.27 Å². The molecule has 1 aromatic carbocycles. The molecule has 4 rings (SSSR count). The summed E-state index contributed by atoms with van der Waals surface area (Å²) in [5.41, 5.74) is 3.86. The number of hydrogen-bond acceptors (Lipinski definition) is 5. The van der Waals surface area contributed by atoms with Crippen LogP contribution in [-0.2, 0) is 21.2 Å². The largest absolute Gasteiger partial charge is 0.466 e.